The Hall–Kier alpha value is -2.11. The lowest BCUT2D eigenvalue weighted by Crippen LogP contribution is -2.33. The molecule has 1 aliphatic heterocycles. The normalized spacial score (nSPS) is 27.3. The molecule has 4 heterocycles. The molecule has 0 unspecified atom stereocenters. The van der Waals surface area contributed by atoms with Gasteiger partial charge in [0.1, 0.15) is 24.6 Å². The van der Waals surface area contributed by atoms with Crippen LogP contribution in [0, 0.1) is 0 Å². The first-order valence-corrected chi connectivity index (χ1v) is 11.1. The van der Waals surface area contributed by atoms with Crippen LogP contribution in [0.3, 0.4) is 0 Å². The van der Waals surface area contributed by atoms with Crippen molar-refractivity contribution < 1.29 is 20.1 Å². The minimum Gasteiger partial charge on any atom is -0.394 e. The summed E-state index contributed by atoms with van der Waals surface area (Å²) < 4.78 is 7.29. The van der Waals surface area contributed by atoms with Crippen LogP contribution in [-0.2, 0) is 11.3 Å². The van der Waals surface area contributed by atoms with Crippen LogP contribution in [0.1, 0.15) is 36.8 Å². The summed E-state index contributed by atoms with van der Waals surface area (Å²) in [5.74, 6) is 0.769. The fourth-order valence-electron chi connectivity index (χ4n) is 4.51. The van der Waals surface area contributed by atoms with E-state index in [1.54, 1.807) is 22.2 Å². The fraction of sp³-hybridized carbons (Fsp3) is 0.550. The average Bonchev–Trinajstić information content (AvgIpc) is 3.55. The van der Waals surface area contributed by atoms with Gasteiger partial charge in [-0.1, -0.05) is 18.9 Å². The van der Waals surface area contributed by atoms with Crippen LogP contribution in [0.15, 0.2) is 30.2 Å². The van der Waals surface area contributed by atoms with Crippen LogP contribution in [-0.4, -0.2) is 65.8 Å². The molecule has 4 atom stereocenters. The largest absolute Gasteiger partial charge is 0.394 e. The molecule has 30 heavy (non-hydrogen) atoms. The first-order chi connectivity index (χ1) is 14.7. The van der Waals surface area contributed by atoms with E-state index in [4.69, 9.17) is 4.74 Å². The maximum atomic E-state index is 10.4. The second-order valence-corrected chi connectivity index (χ2v) is 8.93. The number of imidazole rings is 1. The van der Waals surface area contributed by atoms with Gasteiger partial charge in [-0.3, -0.25) is 4.57 Å². The third-order valence-electron chi connectivity index (χ3n) is 6.07. The number of aromatic nitrogens is 4. The molecule has 5 rings (SSSR count). The predicted octanol–water partition coefficient (Wildman–Crippen LogP) is 1.45. The van der Waals surface area contributed by atoms with Gasteiger partial charge in [0.25, 0.3) is 0 Å². The fourth-order valence-corrected chi connectivity index (χ4v) is 5.21. The van der Waals surface area contributed by atoms with Crippen molar-refractivity contribution in [3.8, 4) is 0 Å². The Morgan fingerprint density at radius 3 is 2.70 bits per heavy atom. The summed E-state index contributed by atoms with van der Waals surface area (Å²) >= 11 is 1.72. The van der Waals surface area contributed by atoms with Gasteiger partial charge in [-0.2, -0.15) is 0 Å². The number of fused-ring (bicyclic) bond motifs is 1. The average molecular weight is 432 g/mol. The van der Waals surface area contributed by atoms with Gasteiger partial charge in [0.05, 0.1) is 19.5 Å². The molecule has 160 valence electrons. The molecule has 9 nitrogen and oxygen atoms in total. The van der Waals surface area contributed by atoms with Gasteiger partial charge in [0.2, 0.25) is 0 Å². The van der Waals surface area contributed by atoms with E-state index in [1.807, 2.05) is 0 Å². The molecule has 2 aliphatic rings. The number of rotatable bonds is 6. The Labute approximate surface area is 177 Å². The van der Waals surface area contributed by atoms with E-state index in [0.29, 0.717) is 17.2 Å². The SMILES string of the molecule is OC[C@H]1O[C@@H](n2cnc3c(N(Cc4cccs4)C4CCCC4)ncnc32)[C@H](O)[C@@H]1O. The number of anilines is 1. The molecule has 1 saturated carbocycles. The molecular weight excluding hydrogens is 406 g/mol. The monoisotopic (exact) mass is 431 g/mol. The number of nitrogens with zero attached hydrogens (tertiary/aromatic N) is 5. The Morgan fingerprint density at radius 2 is 2.00 bits per heavy atom. The highest BCUT2D eigenvalue weighted by molar-refractivity contribution is 7.09. The quantitative estimate of drug-likeness (QED) is 0.537. The molecule has 1 aliphatic carbocycles. The van der Waals surface area contributed by atoms with E-state index in [0.717, 1.165) is 25.2 Å². The first-order valence-electron chi connectivity index (χ1n) is 10.3. The van der Waals surface area contributed by atoms with E-state index < -0.39 is 24.5 Å². The molecule has 2 fully saturated rings. The lowest BCUT2D eigenvalue weighted by atomic mass is 10.1. The highest BCUT2D eigenvalue weighted by atomic mass is 32.1. The molecule has 0 amide bonds. The number of ether oxygens (including phenoxy) is 1. The van der Waals surface area contributed by atoms with Crippen LogP contribution >= 0.6 is 11.3 Å². The summed E-state index contributed by atoms with van der Waals surface area (Å²) in [6.07, 6.45) is 3.63. The summed E-state index contributed by atoms with van der Waals surface area (Å²) in [5.41, 5.74) is 1.17. The number of aliphatic hydroxyl groups excluding tert-OH is 3. The van der Waals surface area contributed by atoms with Gasteiger partial charge in [-0.25, -0.2) is 15.0 Å². The third kappa shape index (κ3) is 3.38. The number of hydrogen-bond donors (Lipinski definition) is 3. The van der Waals surface area contributed by atoms with Crippen LogP contribution in [0.25, 0.3) is 11.2 Å². The summed E-state index contributed by atoms with van der Waals surface area (Å²) in [5, 5.41) is 32.0. The molecule has 0 radical (unpaired) electrons. The van der Waals surface area contributed by atoms with Gasteiger partial charge in [-0.15, -0.1) is 11.3 Å². The lowest BCUT2D eigenvalue weighted by Gasteiger charge is -2.29. The molecule has 0 bridgehead atoms. The lowest BCUT2D eigenvalue weighted by molar-refractivity contribution is -0.0511. The van der Waals surface area contributed by atoms with E-state index in [-0.39, 0.29) is 6.61 Å². The van der Waals surface area contributed by atoms with Crippen molar-refractivity contribution in [2.45, 2.75) is 62.8 Å². The molecule has 0 spiro atoms. The zero-order valence-corrected chi connectivity index (χ0v) is 17.2. The molecule has 1 saturated heterocycles. The van der Waals surface area contributed by atoms with Gasteiger partial charge in [0.15, 0.2) is 23.2 Å². The predicted molar refractivity (Wildman–Crippen MR) is 111 cm³/mol. The van der Waals surface area contributed by atoms with Crippen molar-refractivity contribution in [3.05, 3.63) is 35.0 Å². The Balaban J connectivity index is 1.53. The summed E-state index contributed by atoms with van der Waals surface area (Å²) in [6.45, 7) is 0.382. The zero-order chi connectivity index (χ0) is 20.7. The Kier molecular flexibility index (Phi) is 5.42. The standard InChI is InChI=1S/C20H25N5O4S/c26-9-14-16(27)17(28)20(29-14)25-11-23-15-18(21-10-22-19(15)25)24(12-4-1-2-5-12)8-13-6-3-7-30-13/h3,6-7,10-12,14,16-17,20,26-28H,1-2,4-5,8-9H2/t14-,16-,17-,20-/m1/s1. The second-order valence-electron chi connectivity index (χ2n) is 7.90. The maximum Gasteiger partial charge on any atom is 0.167 e. The molecular formula is C20H25N5O4S. The van der Waals surface area contributed by atoms with E-state index in [2.05, 4.69) is 37.4 Å². The van der Waals surface area contributed by atoms with Crippen molar-refractivity contribution >= 4 is 28.3 Å². The van der Waals surface area contributed by atoms with Crippen LogP contribution < -0.4 is 4.90 Å². The number of hydrogen-bond acceptors (Lipinski definition) is 9. The molecule has 3 N–H and O–H groups in total. The van der Waals surface area contributed by atoms with Crippen molar-refractivity contribution in [1.29, 1.82) is 0 Å². The first kappa shape index (κ1) is 19.8. The molecule has 10 heteroatoms. The van der Waals surface area contributed by atoms with Crippen LogP contribution in [0.4, 0.5) is 5.82 Å². The Morgan fingerprint density at radius 1 is 1.17 bits per heavy atom. The molecule has 3 aromatic heterocycles. The minimum absolute atomic E-state index is 0.377. The van der Waals surface area contributed by atoms with Crippen LogP contribution in [0.5, 0.6) is 0 Å². The third-order valence-corrected chi connectivity index (χ3v) is 6.94. The Bertz CT molecular complexity index is 990. The van der Waals surface area contributed by atoms with Crippen molar-refractivity contribution in [2.75, 3.05) is 11.5 Å². The van der Waals surface area contributed by atoms with Gasteiger partial charge in [0, 0.05) is 10.9 Å². The smallest absolute Gasteiger partial charge is 0.167 e. The van der Waals surface area contributed by atoms with Crippen molar-refractivity contribution in [1.82, 2.24) is 19.5 Å². The highest BCUT2D eigenvalue weighted by Gasteiger charge is 2.44. The minimum atomic E-state index is -1.19. The second kappa shape index (κ2) is 8.20. The van der Waals surface area contributed by atoms with E-state index >= 15 is 0 Å². The topological polar surface area (TPSA) is 117 Å². The molecule has 0 aromatic carbocycles. The summed E-state index contributed by atoms with van der Waals surface area (Å²) in [4.78, 5) is 17.1. The van der Waals surface area contributed by atoms with Gasteiger partial charge in [-0.05, 0) is 24.3 Å². The highest BCUT2D eigenvalue weighted by Crippen LogP contribution is 2.35. The maximum absolute atomic E-state index is 10.4. The van der Waals surface area contributed by atoms with E-state index in [9.17, 15) is 15.3 Å². The number of aliphatic hydroxyl groups is 3. The van der Waals surface area contributed by atoms with Gasteiger partial charge < -0.3 is 25.0 Å². The summed E-state index contributed by atoms with van der Waals surface area (Å²) in [6, 6.07) is 4.57. The van der Waals surface area contributed by atoms with Crippen molar-refractivity contribution in [3.63, 3.8) is 0 Å². The van der Waals surface area contributed by atoms with Crippen LogP contribution in [0.2, 0.25) is 0 Å². The van der Waals surface area contributed by atoms with Gasteiger partial charge >= 0.3 is 0 Å². The van der Waals surface area contributed by atoms with Crippen molar-refractivity contribution in [2.24, 2.45) is 0 Å². The molecule has 3 aromatic rings. The zero-order valence-electron chi connectivity index (χ0n) is 16.4. The summed E-state index contributed by atoms with van der Waals surface area (Å²) in [7, 11) is 0. The number of thiophene rings is 1. The van der Waals surface area contributed by atoms with E-state index in [1.165, 1.54) is 24.0 Å².